The minimum atomic E-state index is -4.17. The van der Waals surface area contributed by atoms with Crippen molar-refractivity contribution in [1.82, 2.24) is 34.7 Å². The average molecular weight is 583 g/mol. The van der Waals surface area contributed by atoms with E-state index in [4.69, 9.17) is 25.8 Å². The molecule has 39 heavy (non-hydrogen) atoms. The van der Waals surface area contributed by atoms with Crippen LogP contribution >= 0.6 is 11.6 Å². The molecule has 0 amide bonds. The summed E-state index contributed by atoms with van der Waals surface area (Å²) in [5.74, 6) is 0.387. The number of hydrogen-bond acceptors (Lipinski definition) is 12. The molecule has 0 spiro atoms. The van der Waals surface area contributed by atoms with Crippen molar-refractivity contribution in [1.29, 1.82) is 0 Å². The molecule has 0 bridgehead atoms. The van der Waals surface area contributed by atoms with Crippen molar-refractivity contribution < 1.29 is 27.7 Å². The van der Waals surface area contributed by atoms with Crippen LogP contribution in [0.2, 0.25) is 5.02 Å². The zero-order valence-electron chi connectivity index (χ0n) is 22.0. The molecule has 2 unspecified atom stereocenters. The minimum absolute atomic E-state index is 0.0498. The summed E-state index contributed by atoms with van der Waals surface area (Å²) in [6.07, 6.45) is 6.39. The lowest BCUT2D eigenvalue weighted by atomic mass is 9.79. The maximum absolute atomic E-state index is 13.7. The third kappa shape index (κ3) is 5.90. The van der Waals surface area contributed by atoms with Gasteiger partial charge >= 0.3 is 0 Å². The monoisotopic (exact) mass is 582 g/mol. The second-order valence-corrected chi connectivity index (χ2v) is 11.5. The van der Waals surface area contributed by atoms with E-state index >= 15 is 0 Å². The molecule has 3 heterocycles. The number of aliphatic hydroxyl groups excluding tert-OH is 1. The van der Waals surface area contributed by atoms with Gasteiger partial charge in [0.25, 0.3) is 0 Å². The normalized spacial score (nSPS) is 19.3. The Morgan fingerprint density at radius 3 is 2.31 bits per heavy atom. The maximum Gasteiger partial charge on any atom is 0.245 e. The highest BCUT2D eigenvalue weighted by molar-refractivity contribution is 7.93. The van der Waals surface area contributed by atoms with E-state index in [1.165, 1.54) is 51.5 Å². The standard InChI is InChI=1S/C23H31ClN8O6S/c1-13(18(36-2)19-25-9-15(24)10-26-19)39(34,35)31-23-30-29-20(16-8-6-5-7-14(16)11-33)32(23)17-21(37-3)27-12-28-22(17)38-4/h9-10,12-14,16,18,33H,5-8,11H2,1-4H3,(H,30,31)/t13?,14-,16+,18?/m0/s1. The first-order chi connectivity index (χ1) is 18.7. The first-order valence-corrected chi connectivity index (χ1v) is 14.2. The number of sulfonamides is 1. The van der Waals surface area contributed by atoms with E-state index in [-0.39, 0.29) is 47.7 Å². The van der Waals surface area contributed by atoms with E-state index in [1.54, 1.807) is 0 Å². The number of aromatic nitrogens is 7. The van der Waals surface area contributed by atoms with Gasteiger partial charge in [0.1, 0.15) is 23.5 Å². The van der Waals surface area contributed by atoms with Crippen molar-refractivity contribution >= 4 is 27.6 Å². The smallest absolute Gasteiger partial charge is 0.245 e. The molecule has 3 aromatic heterocycles. The average Bonchev–Trinajstić information content (AvgIpc) is 3.35. The predicted octanol–water partition coefficient (Wildman–Crippen LogP) is 2.30. The number of ether oxygens (including phenoxy) is 3. The molecule has 2 N–H and O–H groups in total. The van der Waals surface area contributed by atoms with Crippen molar-refractivity contribution in [3.63, 3.8) is 0 Å². The van der Waals surface area contributed by atoms with E-state index < -0.39 is 21.4 Å². The number of methoxy groups -OCH3 is 3. The van der Waals surface area contributed by atoms with Gasteiger partial charge in [-0.1, -0.05) is 24.4 Å². The fourth-order valence-electron chi connectivity index (χ4n) is 4.79. The van der Waals surface area contributed by atoms with Crippen molar-refractivity contribution in [3.05, 3.63) is 35.4 Å². The Kier molecular flexibility index (Phi) is 9.15. The van der Waals surface area contributed by atoms with E-state index in [0.29, 0.717) is 10.8 Å². The molecule has 14 nitrogen and oxygen atoms in total. The zero-order chi connectivity index (χ0) is 28.2. The van der Waals surface area contributed by atoms with Gasteiger partial charge in [0.15, 0.2) is 11.5 Å². The van der Waals surface area contributed by atoms with Crippen LogP contribution in [0, 0.1) is 5.92 Å². The molecular weight excluding hydrogens is 552 g/mol. The second-order valence-electron chi connectivity index (χ2n) is 9.06. The summed E-state index contributed by atoms with van der Waals surface area (Å²) >= 11 is 5.89. The van der Waals surface area contributed by atoms with Crippen LogP contribution < -0.4 is 14.2 Å². The molecular formula is C23H31ClN8O6S. The van der Waals surface area contributed by atoms with Crippen molar-refractivity contribution in [2.75, 3.05) is 32.7 Å². The molecule has 16 heteroatoms. The van der Waals surface area contributed by atoms with E-state index in [0.717, 1.165) is 25.7 Å². The van der Waals surface area contributed by atoms with Crippen molar-refractivity contribution in [3.8, 4) is 17.4 Å². The van der Waals surface area contributed by atoms with Crippen LogP contribution in [0.25, 0.3) is 5.69 Å². The summed E-state index contributed by atoms with van der Waals surface area (Å²) in [6, 6.07) is 0. The lowest BCUT2D eigenvalue weighted by Gasteiger charge is -2.30. The third-order valence-electron chi connectivity index (χ3n) is 6.83. The number of nitrogens with one attached hydrogen (secondary N) is 1. The van der Waals surface area contributed by atoms with Gasteiger partial charge < -0.3 is 19.3 Å². The number of hydrogen-bond donors (Lipinski definition) is 2. The Labute approximate surface area is 231 Å². The molecule has 4 rings (SSSR count). The molecule has 0 aliphatic heterocycles. The SMILES string of the molecule is COc1ncnc(OC)c1-n1c(NS(=O)(=O)C(C)C(OC)c2ncc(Cl)cn2)nnc1[C@@H]1CCCC[C@H]1CO. The van der Waals surface area contributed by atoms with E-state index in [9.17, 15) is 13.5 Å². The molecule has 1 saturated carbocycles. The van der Waals surface area contributed by atoms with Crippen LogP contribution in [-0.4, -0.2) is 81.4 Å². The summed E-state index contributed by atoms with van der Waals surface area (Å²) < 4.78 is 47.8. The van der Waals surface area contributed by atoms with Crippen molar-refractivity contribution in [2.24, 2.45) is 5.92 Å². The van der Waals surface area contributed by atoms with Crippen molar-refractivity contribution in [2.45, 2.75) is 49.9 Å². The maximum atomic E-state index is 13.7. The van der Waals surface area contributed by atoms with E-state index in [1.807, 2.05) is 0 Å². The van der Waals surface area contributed by atoms with Gasteiger partial charge in [-0.15, -0.1) is 10.2 Å². The molecule has 0 radical (unpaired) electrons. The Morgan fingerprint density at radius 2 is 1.72 bits per heavy atom. The summed E-state index contributed by atoms with van der Waals surface area (Å²) in [6.45, 7) is 1.41. The molecule has 1 aliphatic carbocycles. The molecule has 3 aromatic rings. The lowest BCUT2D eigenvalue weighted by molar-refractivity contribution is 0.0950. The van der Waals surface area contributed by atoms with Crippen LogP contribution in [0.15, 0.2) is 18.7 Å². The summed E-state index contributed by atoms with van der Waals surface area (Å²) in [5, 5.41) is 17.8. The minimum Gasteiger partial charge on any atom is -0.479 e. The number of aliphatic hydroxyl groups is 1. The molecule has 1 fully saturated rings. The molecule has 0 aromatic carbocycles. The fourth-order valence-corrected chi connectivity index (χ4v) is 6.01. The highest BCUT2D eigenvalue weighted by Crippen LogP contribution is 2.41. The Morgan fingerprint density at radius 1 is 1.08 bits per heavy atom. The van der Waals surface area contributed by atoms with Crippen LogP contribution in [0.5, 0.6) is 11.8 Å². The lowest BCUT2D eigenvalue weighted by Crippen LogP contribution is -2.33. The number of rotatable bonds is 11. The van der Waals surface area contributed by atoms with Gasteiger partial charge in [-0.25, -0.2) is 18.4 Å². The highest BCUT2D eigenvalue weighted by Gasteiger charge is 2.37. The summed E-state index contributed by atoms with van der Waals surface area (Å²) in [4.78, 5) is 16.6. The van der Waals surface area contributed by atoms with E-state index in [2.05, 4.69) is 34.9 Å². The van der Waals surface area contributed by atoms with Gasteiger partial charge in [0, 0.05) is 32.0 Å². The summed E-state index contributed by atoms with van der Waals surface area (Å²) in [7, 11) is 0.0418. The Hall–Kier alpha value is -3.14. The highest BCUT2D eigenvalue weighted by atomic mass is 35.5. The number of anilines is 1. The second kappa shape index (κ2) is 12.4. The fraction of sp³-hybridized carbons (Fsp3) is 0.565. The largest absolute Gasteiger partial charge is 0.479 e. The van der Waals surface area contributed by atoms with Gasteiger partial charge in [-0.05, 0) is 25.7 Å². The van der Waals surface area contributed by atoms with Gasteiger partial charge in [0.2, 0.25) is 27.7 Å². The van der Waals surface area contributed by atoms with Gasteiger partial charge in [-0.3, -0.25) is 9.29 Å². The first-order valence-electron chi connectivity index (χ1n) is 12.3. The van der Waals surface area contributed by atoms with Crippen LogP contribution in [-0.2, 0) is 14.8 Å². The molecule has 212 valence electrons. The Balaban J connectivity index is 1.81. The number of nitrogens with zero attached hydrogens (tertiary/aromatic N) is 7. The van der Waals surface area contributed by atoms with Gasteiger partial charge in [0.05, 0.1) is 19.2 Å². The third-order valence-corrected chi connectivity index (χ3v) is 8.72. The topological polar surface area (TPSA) is 176 Å². The zero-order valence-corrected chi connectivity index (χ0v) is 23.6. The predicted molar refractivity (Wildman–Crippen MR) is 141 cm³/mol. The molecule has 4 atom stereocenters. The van der Waals surface area contributed by atoms with Crippen LogP contribution in [0.4, 0.5) is 5.95 Å². The molecule has 1 aliphatic rings. The van der Waals surface area contributed by atoms with Gasteiger partial charge in [-0.2, -0.15) is 9.97 Å². The quantitative estimate of drug-likeness (QED) is 0.338. The first kappa shape index (κ1) is 28.9. The van der Waals surface area contributed by atoms with Crippen LogP contribution in [0.3, 0.4) is 0 Å². The number of halogens is 1. The summed E-state index contributed by atoms with van der Waals surface area (Å²) in [5.41, 5.74) is 0.222. The Bertz CT molecular complexity index is 1350. The molecule has 0 saturated heterocycles. The van der Waals surface area contributed by atoms with Crippen LogP contribution in [0.1, 0.15) is 56.3 Å².